The zero-order chi connectivity index (χ0) is 26.1. The Morgan fingerprint density at radius 3 is 2.47 bits per heavy atom. The van der Waals surface area contributed by atoms with Gasteiger partial charge < -0.3 is 30.5 Å². The van der Waals surface area contributed by atoms with E-state index in [0.717, 1.165) is 37.7 Å². The molecular formula is C25H38N6O5. The molecule has 0 spiro atoms. The van der Waals surface area contributed by atoms with Crippen LogP contribution in [0.15, 0.2) is 24.5 Å². The second-order valence-electron chi connectivity index (χ2n) is 9.69. The number of hydrogen-bond donors (Lipinski definition) is 3. The fourth-order valence-corrected chi connectivity index (χ4v) is 4.64. The van der Waals surface area contributed by atoms with E-state index in [9.17, 15) is 19.2 Å². The lowest BCUT2D eigenvalue weighted by atomic mass is 9.95. The van der Waals surface area contributed by atoms with E-state index < -0.39 is 24.0 Å². The Bertz CT molecular complexity index is 905. The molecule has 1 aromatic heterocycles. The van der Waals surface area contributed by atoms with Crippen molar-refractivity contribution in [2.24, 2.45) is 0 Å². The number of urea groups is 2. The van der Waals surface area contributed by atoms with Gasteiger partial charge in [0.25, 0.3) is 0 Å². The Morgan fingerprint density at radius 2 is 1.83 bits per heavy atom. The average molecular weight is 503 g/mol. The van der Waals surface area contributed by atoms with Crippen LogP contribution >= 0.6 is 0 Å². The first kappa shape index (κ1) is 27.2. The average Bonchev–Trinajstić information content (AvgIpc) is 2.88. The third kappa shape index (κ3) is 7.56. The maximum absolute atomic E-state index is 13.5. The Balaban J connectivity index is 1.76. The summed E-state index contributed by atoms with van der Waals surface area (Å²) in [5.41, 5.74) is 0.752. The fraction of sp³-hybridized carbons (Fsp3) is 0.640. The fourth-order valence-electron chi connectivity index (χ4n) is 4.64. The van der Waals surface area contributed by atoms with Crippen LogP contribution in [0, 0.1) is 0 Å². The molecule has 1 aliphatic carbocycles. The highest BCUT2D eigenvalue weighted by Gasteiger charge is 2.39. The van der Waals surface area contributed by atoms with Crippen molar-refractivity contribution in [3.63, 3.8) is 0 Å². The van der Waals surface area contributed by atoms with E-state index in [4.69, 9.17) is 4.74 Å². The number of carbonyl (C=O) groups is 4. The van der Waals surface area contributed by atoms with Crippen LogP contribution in [0.25, 0.3) is 0 Å². The van der Waals surface area contributed by atoms with Crippen LogP contribution in [0.4, 0.5) is 9.59 Å². The van der Waals surface area contributed by atoms with Crippen molar-refractivity contribution in [3.05, 3.63) is 30.1 Å². The Labute approximate surface area is 212 Å². The molecule has 1 saturated carbocycles. The standard InChI is InChI=1S/C25H38N6O5/c1-17(2)27-24(34)30-12-13-31(25(35)28-19-9-5-4-6-10-19)21(16-30)22(32)29-20(23(33)36-3)14-18-8-7-11-26-15-18/h7-8,11,15,17,19-21H,4-6,9-10,12-14,16H2,1-3H3,(H,27,34)(H,28,35)(H,29,32)/t20-,21+/m1/s1. The van der Waals surface area contributed by atoms with Gasteiger partial charge in [-0.05, 0) is 38.3 Å². The van der Waals surface area contributed by atoms with Crippen LogP contribution < -0.4 is 16.0 Å². The number of hydrogen-bond acceptors (Lipinski definition) is 6. The van der Waals surface area contributed by atoms with Gasteiger partial charge in [0.2, 0.25) is 5.91 Å². The quantitative estimate of drug-likeness (QED) is 0.483. The minimum Gasteiger partial charge on any atom is -0.467 e. The van der Waals surface area contributed by atoms with Crippen LogP contribution in [0.3, 0.4) is 0 Å². The van der Waals surface area contributed by atoms with Gasteiger partial charge in [0.15, 0.2) is 0 Å². The molecule has 0 radical (unpaired) electrons. The van der Waals surface area contributed by atoms with Crippen LogP contribution in [0.1, 0.15) is 51.5 Å². The molecule has 198 valence electrons. The molecule has 0 unspecified atom stereocenters. The minimum atomic E-state index is -0.963. The predicted molar refractivity (Wildman–Crippen MR) is 133 cm³/mol. The van der Waals surface area contributed by atoms with E-state index in [1.54, 1.807) is 24.5 Å². The summed E-state index contributed by atoms with van der Waals surface area (Å²) in [6.45, 7) is 4.23. The molecule has 0 aromatic carbocycles. The molecule has 11 heteroatoms. The summed E-state index contributed by atoms with van der Waals surface area (Å²) in [4.78, 5) is 58.9. The molecule has 3 rings (SSSR count). The molecule has 1 aromatic rings. The Hall–Kier alpha value is -3.37. The lowest BCUT2D eigenvalue weighted by molar-refractivity contribution is -0.145. The van der Waals surface area contributed by atoms with Crippen LogP contribution in [0.2, 0.25) is 0 Å². The van der Waals surface area contributed by atoms with E-state index in [-0.39, 0.29) is 43.7 Å². The highest BCUT2D eigenvalue weighted by atomic mass is 16.5. The van der Waals surface area contributed by atoms with E-state index in [1.807, 2.05) is 13.8 Å². The van der Waals surface area contributed by atoms with E-state index >= 15 is 0 Å². The third-order valence-corrected chi connectivity index (χ3v) is 6.54. The van der Waals surface area contributed by atoms with Gasteiger partial charge in [-0.3, -0.25) is 9.78 Å². The number of piperazine rings is 1. The summed E-state index contributed by atoms with van der Waals surface area (Å²) >= 11 is 0. The molecule has 2 aliphatic rings. The summed E-state index contributed by atoms with van der Waals surface area (Å²) in [7, 11) is 1.26. The van der Waals surface area contributed by atoms with Crippen LogP contribution in [-0.2, 0) is 20.7 Å². The van der Waals surface area contributed by atoms with Gasteiger partial charge in [0, 0.05) is 44.0 Å². The number of nitrogens with zero attached hydrogens (tertiary/aromatic N) is 3. The molecule has 3 N–H and O–H groups in total. The first-order valence-corrected chi connectivity index (χ1v) is 12.7. The number of rotatable bonds is 7. The number of aromatic nitrogens is 1. The second-order valence-corrected chi connectivity index (χ2v) is 9.69. The van der Waals surface area contributed by atoms with Gasteiger partial charge in [0.1, 0.15) is 12.1 Å². The third-order valence-electron chi connectivity index (χ3n) is 6.54. The molecule has 1 saturated heterocycles. The molecule has 2 heterocycles. The minimum absolute atomic E-state index is 0.0171. The van der Waals surface area contributed by atoms with Gasteiger partial charge >= 0.3 is 18.0 Å². The van der Waals surface area contributed by atoms with Crippen LogP contribution in [0.5, 0.6) is 0 Å². The van der Waals surface area contributed by atoms with Crippen molar-refractivity contribution in [1.82, 2.24) is 30.7 Å². The van der Waals surface area contributed by atoms with Crippen molar-refractivity contribution in [3.8, 4) is 0 Å². The van der Waals surface area contributed by atoms with E-state index in [0.29, 0.717) is 6.54 Å². The molecule has 2 fully saturated rings. The lowest BCUT2D eigenvalue weighted by Gasteiger charge is -2.41. The monoisotopic (exact) mass is 502 g/mol. The van der Waals surface area contributed by atoms with Crippen LogP contribution in [-0.4, -0.2) is 89.6 Å². The van der Waals surface area contributed by atoms with E-state index in [2.05, 4.69) is 20.9 Å². The smallest absolute Gasteiger partial charge is 0.328 e. The Kier molecular flexibility index (Phi) is 9.89. The zero-order valence-corrected chi connectivity index (χ0v) is 21.4. The number of ether oxygens (including phenoxy) is 1. The highest BCUT2D eigenvalue weighted by molar-refractivity contribution is 5.91. The summed E-state index contributed by atoms with van der Waals surface area (Å²) in [6, 6.07) is 1.01. The van der Waals surface area contributed by atoms with Crippen molar-refractivity contribution < 1.29 is 23.9 Å². The number of esters is 1. The first-order valence-electron chi connectivity index (χ1n) is 12.7. The lowest BCUT2D eigenvalue weighted by Crippen LogP contribution is -2.66. The van der Waals surface area contributed by atoms with Gasteiger partial charge in [-0.1, -0.05) is 25.3 Å². The van der Waals surface area contributed by atoms with Gasteiger partial charge in [-0.15, -0.1) is 0 Å². The maximum Gasteiger partial charge on any atom is 0.328 e. The highest BCUT2D eigenvalue weighted by Crippen LogP contribution is 2.19. The zero-order valence-electron chi connectivity index (χ0n) is 21.4. The molecule has 36 heavy (non-hydrogen) atoms. The van der Waals surface area contributed by atoms with Crippen molar-refractivity contribution in [2.45, 2.75) is 76.5 Å². The van der Waals surface area contributed by atoms with Gasteiger partial charge in [-0.25, -0.2) is 14.4 Å². The molecule has 0 bridgehead atoms. The Morgan fingerprint density at radius 1 is 1.08 bits per heavy atom. The molecule has 1 aliphatic heterocycles. The number of pyridine rings is 1. The molecule has 5 amide bonds. The topological polar surface area (TPSA) is 133 Å². The number of carbonyl (C=O) groups excluding carboxylic acids is 4. The number of nitrogens with one attached hydrogen (secondary N) is 3. The first-order chi connectivity index (χ1) is 17.3. The van der Waals surface area contributed by atoms with E-state index in [1.165, 1.54) is 16.9 Å². The summed E-state index contributed by atoms with van der Waals surface area (Å²) < 4.78 is 4.91. The number of amides is 5. The predicted octanol–water partition coefficient (Wildman–Crippen LogP) is 1.43. The van der Waals surface area contributed by atoms with Crippen molar-refractivity contribution >= 4 is 23.9 Å². The second kappa shape index (κ2) is 13.1. The SMILES string of the molecule is COC(=O)[C@@H](Cc1cccnc1)NC(=O)[C@@H]1CN(C(=O)NC(C)C)CCN1C(=O)NC1CCCCC1. The largest absolute Gasteiger partial charge is 0.467 e. The number of methoxy groups -OCH3 is 1. The summed E-state index contributed by atoms with van der Waals surface area (Å²) in [5.74, 6) is -1.12. The summed E-state index contributed by atoms with van der Waals surface area (Å²) in [6.07, 6.45) is 8.53. The molecule has 11 nitrogen and oxygen atoms in total. The van der Waals surface area contributed by atoms with Gasteiger partial charge in [0.05, 0.1) is 13.7 Å². The molecule has 2 atom stereocenters. The van der Waals surface area contributed by atoms with Crippen molar-refractivity contribution in [2.75, 3.05) is 26.7 Å². The summed E-state index contributed by atoms with van der Waals surface area (Å²) in [5, 5.41) is 8.66. The molecular weight excluding hydrogens is 464 g/mol. The normalized spacial score (nSPS) is 19.4. The maximum atomic E-state index is 13.5. The van der Waals surface area contributed by atoms with Crippen molar-refractivity contribution in [1.29, 1.82) is 0 Å². The van der Waals surface area contributed by atoms with Gasteiger partial charge in [-0.2, -0.15) is 0 Å².